The highest BCUT2D eigenvalue weighted by Gasteiger charge is 2.11. The smallest absolute Gasteiger partial charge is 0.308 e. The van der Waals surface area contributed by atoms with Gasteiger partial charge in [-0.1, -0.05) is 17.9 Å². The lowest BCUT2D eigenvalue weighted by Gasteiger charge is -2.12. The van der Waals surface area contributed by atoms with Crippen LogP contribution in [0.1, 0.15) is 18.1 Å². The number of carbonyl (C=O) groups excluding carboxylic acids is 1. The number of carbonyl (C=O) groups is 1. The largest absolute Gasteiger partial charge is 0.493 e. The lowest BCUT2D eigenvalue weighted by Crippen LogP contribution is -2.05. The van der Waals surface area contributed by atoms with Crippen molar-refractivity contribution >= 4 is 13.8 Å². The second kappa shape index (κ2) is 4.87. The molecule has 1 aromatic rings. The van der Waals surface area contributed by atoms with Gasteiger partial charge in [-0.15, -0.1) is 0 Å². The highest BCUT2D eigenvalue weighted by atomic mass is 16.6. The van der Waals surface area contributed by atoms with Gasteiger partial charge in [0.1, 0.15) is 0 Å². The van der Waals surface area contributed by atoms with Crippen molar-refractivity contribution in [1.29, 1.82) is 0 Å². The first-order valence-electron chi connectivity index (χ1n) is 4.64. The summed E-state index contributed by atoms with van der Waals surface area (Å²) in [6.45, 7) is 3.20. The van der Waals surface area contributed by atoms with Crippen molar-refractivity contribution in [3.63, 3.8) is 0 Å². The molecule has 4 heteroatoms. The summed E-state index contributed by atoms with van der Waals surface area (Å²) in [5.41, 5.74) is 1.78. The normalized spacial score (nSPS) is 9.80. The van der Waals surface area contributed by atoms with Gasteiger partial charge in [0.25, 0.3) is 0 Å². The first-order valence-corrected chi connectivity index (χ1v) is 4.64. The van der Waals surface area contributed by atoms with E-state index < -0.39 is 0 Å². The Kier molecular flexibility index (Phi) is 3.77. The third-order valence-electron chi connectivity index (χ3n) is 2.00. The number of esters is 1. The maximum absolute atomic E-state index is 10.9. The third-order valence-corrected chi connectivity index (χ3v) is 2.00. The Morgan fingerprint density at radius 3 is 2.60 bits per heavy atom. The van der Waals surface area contributed by atoms with Gasteiger partial charge >= 0.3 is 5.97 Å². The first-order chi connectivity index (χ1) is 7.08. The average molecular weight is 204 g/mol. The molecule has 0 saturated heterocycles. The van der Waals surface area contributed by atoms with E-state index in [1.165, 1.54) is 14.0 Å². The minimum Gasteiger partial charge on any atom is -0.493 e. The van der Waals surface area contributed by atoms with Gasteiger partial charge in [-0.05, 0) is 18.6 Å². The van der Waals surface area contributed by atoms with Crippen LogP contribution in [0.4, 0.5) is 0 Å². The Balaban J connectivity index is 3.18. The van der Waals surface area contributed by atoms with Gasteiger partial charge in [0.05, 0.1) is 15.0 Å². The predicted octanol–water partition coefficient (Wildman–Crippen LogP) is 1.60. The number of methoxy groups -OCH3 is 1. The summed E-state index contributed by atoms with van der Waals surface area (Å²) >= 11 is 0. The van der Waals surface area contributed by atoms with Crippen LogP contribution < -0.4 is 9.47 Å². The maximum Gasteiger partial charge on any atom is 0.308 e. The van der Waals surface area contributed by atoms with Gasteiger partial charge in [-0.3, -0.25) is 4.79 Å². The molecule has 0 unspecified atom stereocenters. The highest BCUT2D eigenvalue weighted by molar-refractivity contribution is 6.08. The lowest BCUT2D eigenvalue weighted by atomic mass is 9.95. The van der Waals surface area contributed by atoms with E-state index >= 15 is 0 Å². The molecule has 0 aliphatic heterocycles. The maximum atomic E-state index is 10.9. The molecular weight excluding hydrogens is 191 g/mol. The van der Waals surface area contributed by atoms with Crippen LogP contribution in [0.15, 0.2) is 12.1 Å². The van der Waals surface area contributed by atoms with E-state index in [0.29, 0.717) is 17.8 Å². The topological polar surface area (TPSA) is 35.5 Å². The molecule has 0 amide bonds. The second-order valence-corrected chi connectivity index (χ2v) is 3.24. The van der Waals surface area contributed by atoms with Gasteiger partial charge in [-0.25, -0.2) is 0 Å². The molecule has 15 heavy (non-hydrogen) atoms. The van der Waals surface area contributed by atoms with E-state index in [1.807, 2.05) is 13.0 Å². The Labute approximate surface area is 90.8 Å². The zero-order valence-electron chi connectivity index (χ0n) is 9.16. The van der Waals surface area contributed by atoms with E-state index in [2.05, 4.69) is 0 Å². The molecule has 0 heterocycles. The van der Waals surface area contributed by atoms with Crippen LogP contribution in [0.3, 0.4) is 0 Å². The van der Waals surface area contributed by atoms with Gasteiger partial charge in [-0.2, -0.15) is 0 Å². The molecule has 1 rings (SSSR count). The van der Waals surface area contributed by atoms with Crippen molar-refractivity contribution in [3.8, 4) is 11.5 Å². The van der Waals surface area contributed by atoms with Crippen molar-refractivity contribution in [3.05, 3.63) is 23.3 Å². The predicted molar refractivity (Wildman–Crippen MR) is 58.5 cm³/mol. The summed E-state index contributed by atoms with van der Waals surface area (Å²) < 4.78 is 10.2. The molecule has 3 nitrogen and oxygen atoms in total. The van der Waals surface area contributed by atoms with Gasteiger partial charge in [0, 0.05) is 6.92 Å². The van der Waals surface area contributed by atoms with Crippen LogP contribution >= 0.6 is 0 Å². The van der Waals surface area contributed by atoms with Crippen molar-refractivity contribution in [2.24, 2.45) is 0 Å². The van der Waals surface area contributed by atoms with Crippen LogP contribution in [0, 0.1) is 6.92 Å². The van der Waals surface area contributed by atoms with Crippen molar-refractivity contribution in [2.75, 3.05) is 7.11 Å². The Morgan fingerprint density at radius 2 is 2.13 bits per heavy atom. The number of benzene rings is 1. The summed E-state index contributed by atoms with van der Waals surface area (Å²) in [5, 5.41) is 0. The minimum atomic E-state index is -0.364. The van der Waals surface area contributed by atoms with Crippen LogP contribution in [-0.2, 0) is 11.1 Å². The summed E-state index contributed by atoms with van der Waals surface area (Å²) in [7, 11) is 7.06. The SMILES string of the molecule is [B]Cc1cc(C)c(OC(C)=O)c(OC)c1. The quantitative estimate of drug-likeness (QED) is 0.426. The fourth-order valence-corrected chi connectivity index (χ4v) is 1.36. The third kappa shape index (κ3) is 2.75. The standard InChI is InChI=1S/C11H13BO3/c1-7-4-9(6-12)5-10(14-3)11(7)15-8(2)13/h4-5H,6H2,1-3H3. The molecule has 0 saturated carbocycles. The molecule has 0 aliphatic rings. The number of hydrogen-bond acceptors (Lipinski definition) is 3. The monoisotopic (exact) mass is 204 g/mol. The number of hydrogen-bond donors (Lipinski definition) is 0. The molecule has 1 aromatic carbocycles. The number of ether oxygens (including phenoxy) is 2. The summed E-state index contributed by atoms with van der Waals surface area (Å²) in [6, 6.07) is 3.64. The van der Waals surface area contributed by atoms with E-state index in [-0.39, 0.29) is 5.97 Å². The summed E-state index contributed by atoms with van der Waals surface area (Å²) in [6.07, 6.45) is 0.428. The van der Waals surface area contributed by atoms with Crippen LogP contribution in [0.25, 0.3) is 0 Å². The fourth-order valence-electron chi connectivity index (χ4n) is 1.36. The molecule has 0 atom stereocenters. The molecule has 0 N–H and O–H groups in total. The van der Waals surface area contributed by atoms with Gasteiger partial charge in [0.2, 0.25) is 0 Å². The van der Waals surface area contributed by atoms with Crippen molar-refractivity contribution in [1.82, 2.24) is 0 Å². The molecule has 0 aromatic heterocycles. The highest BCUT2D eigenvalue weighted by Crippen LogP contribution is 2.32. The minimum absolute atomic E-state index is 0.364. The van der Waals surface area contributed by atoms with E-state index in [9.17, 15) is 4.79 Å². The summed E-state index contributed by atoms with van der Waals surface area (Å²) in [4.78, 5) is 10.9. The zero-order valence-corrected chi connectivity index (χ0v) is 9.16. The molecule has 2 radical (unpaired) electrons. The Morgan fingerprint density at radius 1 is 1.47 bits per heavy atom. The average Bonchev–Trinajstić information content (AvgIpc) is 2.20. The van der Waals surface area contributed by atoms with Crippen LogP contribution in [0.5, 0.6) is 11.5 Å². The van der Waals surface area contributed by atoms with E-state index in [4.69, 9.17) is 17.3 Å². The summed E-state index contributed by atoms with van der Waals surface area (Å²) in [5.74, 6) is 0.629. The van der Waals surface area contributed by atoms with Crippen molar-refractivity contribution < 1.29 is 14.3 Å². The second-order valence-electron chi connectivity index (χ2n) is 3.24. The zero-order chi connectivity index (χ0) is 11.4. The lowest BCUT2D eigenvalue weighted by molar-refractivity contribution is -0.132. The Hall–Kier alpha value is -1.45. The molecular formula is C11H13BO3. The van der Waals surface area contributed by atoms with Gasteiger partial charge < -0.3 is 9.47 Å². The Bertz CT molecular complexity index is 374. The molecule has 0 aliphatic carbocycles. The fraction of sp³-hybridized carbons (Fsp3) is 0.364. The van der Waals surface area contributed by atoms with Crippen molar-refractivity contribution in [2.45, 2.75) is 20.2 Å². The number of rotatable bonds is 3. The molecule has 0 spiro atoms. The molecule has 0 bridgehead atoms. The number of aryl methyl sites for hydroxylation is 1. The van der Waals surface area contributed by atoms with E-state index in [1.54, 1.807) is 6.07 Å². The first kappa shape index (κ1) is 11.6. The molecule has 0 fully saturated rings. The van der Waals surface area contributed by atoms with Crippen LogP contribution in [0.2, 0.25) is 0 Å². The van der Waals surface area contributed by atoms with E-state index in [0.717, 1.165) is 11.1 Å². The molecule has 78 valence electrons. The van der Waals surface area contributed by atoms with Crippen LogP contribution in [-0.4, -0.2) is 20.9 Å². The van der Waals surface area contributed by atoms with Gasteiger partial charge in [0.15, 0.2) is 11.5 Å².